The minimum atomic E-state index is 0.756. The fraction of sp³-hybridized carbons (Fsp3) is 0.571. The molecule has 0 N–H and O–H groups in total. The average Bonchev–Trinajstić information content (AvgIpc) is 2.89. The summed E-state index contributed by atoms with van der Waals surface area (Å²) >= 11 is 0. The van der Waals surface area contributed by atoms with Gasteiger partial charge in [0.05, 0.1) is 19.4 Å². The summed E-state index contributed by atoms with van der Waals surface area (Å²) in [5, 5.41) is 0. The molecule has 1 heterocycles. The highest BCUT2D eigenvalue weighted by molar-refractivity contribution is 5.61. The number of hydrogen-bond acceptors (Lipinski definition) is 3. The van der Waals surface area contributed by atoms with Gasteiger partial charge in [-0.2, -0.15) is 0 Å². The van der Waals surface area contributed by atoms with Gasteiger partial charge in [-0.3, -0.25) is 0 Å². The lowest BCUT2D eigenvalue weighted by atomic mass is 10.2. The van der Waals surface area contributed by atoms with Gasteiger partial charge in [0.2, 0.25) is 0 Å². The highest BCUT2D eigenvalue weighted by Gasteiger charge is 2.16. The van der Waals surface area contributed by atoms with Crippen molar-refractivity contribution in [3.05, 3.63) is 18.2 Å². The first kappa shape index (κ1) is 12.1. The summed E-state index contributed by atoms with van der Waals surface area (Å²) in [6.45, 7) is 5.12. The monoisotopic (exact) mass is 235 g/mol. The van der Waals surface area contributed by atoms with Crippen LogP contribution in [0.4, 0.5) is 5.69 Å². The van der Waals surface area contributed by atoms with Crippen molar-refractivity contribution >= 4 is 5.69 Å². The topological polar surface area (TPSA) is 21.7 Å². The first-order valence-electron chi connectivity index (χ1n) is 6.41. The Kier molecular flexibility index (Phi) is 4.13. The van der Waals surface area contributed by atoms with Crippen LogP contribution >= 0.6 is 0 Å². The molecule has 1 aromatic carbocycles. The molecule has 0 aromatic heterocycles. The number of ether oxygens (including phenoxy) is 2. The number of methoxy groups -OCH3 is 1. The van der Waals surface area contributed by atoms with Crippen molar-refractivity contribution in [2.24, 2.45) is 0 Å². The number of anilines is 1. The third-order valence-electron chi connectivity index (χ3n) is 3.07. The van der Waals surface area contributed by atoms with Gasteiger partial charge >= 0.3 is 0 Å². The van der Waals surface area contributed by atoms with Crippen LogP contribution in [0.15, 0.2) is 18.2 Å². The summed E-state index contributed by atoms with van der Waals surface area (Å²) < 4.78 is 11.1. The lowest BCUT2D eigenvalue weighted by molar-refractivity contribution is 0.314. The highest BCUT2D eigenvalue weighted by atomic mass is 16.5. The summed E-state index contributed by atoms with van der Waals surface area (Å²) in [5.41, 5.74) is 1.19. The van der Waals surface area contributed by atoms with Crippen LogP contribution in [0.25, 0.3) is 0 Å². The molecule has 17 heavy (non-hydrogen) atoms. The minimum absolute atomic E-state index is 0.756. The van der Waals surface area contributed by atoms with Gasteiger partial charge in [0, 0.05) is 19.2 Å². The molecule has 0 saturated carbocycles. The zero-order chi connectivity index (χ0) is 12.1. The van der Waals surface area contributed by atoms with Crippen molar-refractivity contribution < 1.29 is 9.47 Å². The van der Waals surface area contributed by atoms with E-state index in [0.29, 0.717) is 0 Å². The Morgan fingerprint density at radius 2 is 2.00 bits per heavy atom. The molecule has 2 rings (SSSR count). The summed E-state index contributed by atoms with van der Waals surface area (Å²) in [7, 11) is 1.72. The Morgan fingerprint density at radius 3 is 2.65 bits per heavy atom. The summed E-state index contributed by atoms with van der Waals surface area (Å²) in [6, 6.07) is 6.13. The Bertz CT molecular complexity index is 359. The first-order chi connectivity index (χ1) is 8.35. The molecule has 1 saturated heterocycles. The molecule has 0 unspecified atom stereocenters. The fourth-order valence-corrected chi connectivity index (χ4v) is 2.19. The maximum absolute atomic E-state index is 5.62. The third kappa shape index (κ3) is 2.84. The van der Waals surface area contributed by atoms with Crippen LogP contribution in [0.3, 0.4) is 0 Å². The maximum atomic E-state index is 5.62. The molecule has 0 aliphatic carbocycles. The highest BCUT2D eigenvalue weighted by Crippen LogP contribution is 2.34. The fourth-order valence-electron chi connectivity index (χ4n) is 2.19. The van der Waals surface area contributed by atoms with E-state index in [1.54, 1.807) is 7.11 Å². The second-order valence-corrected chi connectivity index (χ2v) is 4.38. The van der Waals surface area contributed by atoms with E-state index < -0.39 is 0 Å². The number of benzene rings is 1. The quantitative estimate of drug-likeness (QED) is 0.783. The van der Waals surface area contributed by atoms with Crippen LogP contribution in [-0.4, -0.2) is 26.8 Å². The molecule has 1 aliphatic rings. The van der Waals surface area contributed by atoms with Crippen molar-refractivity contribution in [2.45, 2.75) is 26.2 Å². The van der Waals surface area contributed by atoms with E-state index in [9.17, 15) is 0 Å². The third-order valence-corrected chi connectivity index (χ3v) is 3.07. The maximum Gasteiger partial charge on any atom is 0.145 e. The van der Waals surface area contributed by atoms with Crippen LogP contribution in [0.1, 0.15) is 26.2 Å². The lowest BCUT2D eigenvalue weighted by Crippen LogP contribution is -2.18. The van der Waals surface area contributed by atoms with Gasteiger partial charge in [-0.05, 0) is 31.4 Å². The van der Waals surface area contributed by atoms with E-state index in [0.717, 1.165) is 37.6 Å². The molecule has 0 amide bonds. The van der Waals surface area contributed by atoms with E-state index >= 15 is 0 Å². The second kappa shape index (κ2) is 5.80. The average molecular weight is 235 g/mol. The van der Waals surface area contributed by atoms with Crippen LogP contribution in [0.2, 0.25) is 0 Å². The van der Waals surface area contributed by atoms with Crippen molar-refractivity contribution in [3.8, 4) is 11.5 Å². The van der Waals surface area contributed by atoms with Crippen molar-refractivity contribution in [1.82, 2.24) is 0 Å². The molecule has 0 spiro atoms. The van der Waals surface area contributed by atoms with Crippen LogP contribution in [-0.2, 0) is 0 Å². The summed E-state index contributed by atoms with van der Waals surface area (Å²) in [4.78, 5) is 2.38. The van der Waals surface area contributed by atoms with Crippen LogP contribution in [0, 0.1) is 0 Å². The Balaban J connectivity index is 2.15. The van der Waals surface area contributed by atoms with Crippen molar-refractivity contribution in [3.63, 3.8) is 0 Å². The minimum Gasteiger partial charge on any atom is -0.494 e. The van der Waals surface area contributed by atoms with Crippen LogP contribution < -0.4 is 14.4 Å². The largest absolute Gasteiger partial charge is 0.494 e. The lowest BCUT2D eigenvalue weighted by Gasteiger charge is -2.21. The zero-order valence-electron chi connectivity index (χ0n) is 10.7. The molecule has 0 radical (unpaired) electrons. The normalized spacial score (nSPS) is 15.1. The molecular formula is C14H21NO2. The van der Waals surface area contributed by atoms with Crippen LogP contribution in [0.5, 0.6) is 11.5 Å². The number of nitrogens with zero attached hydrogens (tertiary/aromatic N) is 1. The van der Waals surface area contributed by atoms with Gasteiger partial charge in [-0.25, -0.2) is 0 Å². The van der Waals surface area contributed by atoms with Gasteiger partial charge in [-0.15, -0.1) is 0 Å². The molecule has 1 aliphatic heterocycles. The standard InChI is InChI=1S/C14H21NO2/c1-3-10-17-12-6-7-13(14(11-12)16-2)15-8-4-5-9-15/h6-7,11H,3-5,8-10H2,1-2H3. The van der Waals surface area contributed by atoms with Gasteiger partial charge in [0.1, 0.15) is 11.5 Å². The predicted molar refractivity (Wildman–Crippen MR) is 70.2 cm³/mol. The molecule has 1 aromatic rings. The Morgan fingerprint density at radius 1 is 1.24 bits per heavy atom. The number of hydrogen-bond donors (Lipinski definition) is 0. The SMILES string of the molecule is CCCOc1ccc(N2CCCC2)c(OC)c1. The zero-order valence-corrected chi connectivity index (χ0v) is 10.7. The second-order valence-electron chi connectivity index (χ2n) is 4.38. The van der Waals surface area contributed by atoms with Gasteiger partial charge in [0.25, 0.3) is 0 Å². The summed E-state index contributed by atoms with van der Waals surface area (Å²) in [6.07, 6.45) is 3.57. The van der Waals surface area contributed by atoms with Gasteiger partial charge in [-0.1, -0.05) is 6.92 Å². The van der Waals surface area contributed by atoms with Crippen molar-refractivity contribution in [2.75, 3.05) is 31.7 Å². The first-order valence-corrected chi connectivity index (χ1v) is 6.41. The molecule has 3 nitrogen and oxygen atoms in total. The van der Waals surface area contributed by atoms with Gasteiger partial charge in [0.15, 0.2) is 0 Å². The smallest absolute Gasteiger partial charge is 0.145 e. The summed E-state index contributed by atoms with van der Waals surface area (Å²) in [5.74, 6) is 1.81. The van der Waals surface area contributed by atoms with E-state index in [2.05, 4.69) is 17.9 Å². The van der Waals surface area contributed by atoms with Crippen molar-refractivity contribution in [1.29, 1.82) is 0 Å². The Labute approximate surface area is 103 Å². The molecule has 0 atom stereocenters. The molecule has 0 bridgehead atoms. The molecule has 1 fully saturated rings. The Hall–Kier alpha value is -1.38. The van der Waals surface area contributed by atoms with E-state index in [1.807, 2.05) is 12.1 Å². The van der Waals surface area contributed by atoms with Gasteiger partial charge < -0.3 is 14.4 Å². The molecule has 94 valence electrons. The van der Waals surface area contributed by atoms with E-state index in [1.165, 1.54) is 18.5 Å². The molecular weight excluding hydrogens is 214 g/mol. The van der Waals surface area contributed by atoms with E-state index in [4.69, 9.17) is 9.47 Å². The predicted octanol–water partition coefficient (Wildman–Crippen LogP) is 3.08. The molecule has 3 heteroatoms. The van der Waals surface area contributed by atoms with E-state index in [-0.39, 0.29) is 0 Å². The number of rotatable bonds is 5.